The monoisotopic (exact) mass is 319 g/mol. The molecule has 0 aliphatic carbocycles. The lowest BCUT2D eigenvalue weighted by atomic mass is 10.2. The molecule has 0 atom stereocenters. The number of amides is 1. The minimum absolute atomic E-state index is 0.0638. The second-order valence-corrected chi connectivity index (χ2v) is 5.69. The number of benzene rings is 2. The lowest BCUT2D eigenvalue weighted by Gasteiger charge is -2.07. The number of hydrogen-bond donors (Lipinski definition) is 1. The summed E-state index contributed by atoms with van der Waals surface area (Å²) < 4.78 is 2.20. The second kappa shape index (κ2) is 7.59. The first kappa shape index (κ1) is 16.0. The Kier molecular flexibility index (Phi) is 5.06. The third-order valence-electron chi connectivity index (χ3n) is 3.93. The summed E-state index contributed by atoms with van der Waals surface area (Å²) in [6.45, 7) is 3.50. The molecule has 0 saturated heterocycles. The summed E-state index contributed by atoms with van der Waals surface area (Å²) in [4.78, 5) is 16.4. The van der Waals surface area contributed by atoms with Gasteiger partial charge in [-0.25, -0.2) is 4.98 Å². The SMILES string of the molecule is Cc1nc2ccccc2n1CCCNC(=O)/C=C/c1ccccc1. The third-order valence-corrected chi connectivity index (χ3v) is 3.93. The molecule has 4 nitrogen and oxygen atoms in total. The fourth-order valence-electron chi connectivity index (χ4n) is 2.72. The van der Waals surface area contributed by atoms with E-state index < -0.39 is 0 Å². The Balaban J connectivity index is 1.49. The average Bonchev–Trinajstić information content (AvgIpc) is 2.93. The van der Waals surface area contributed by atoms with Crippen molar-refractivity contribution in [2.45, 2.75) is 19.9 Å². The highest BCUT2D eigenvalue weighted by atomic mass is 16.1. The summed E-state index contributed by atoms with van der Waals surface area (Å²) in [5, 5.41) is 2.92. The van der Waals surface area contributed by atoms with Crippen molar-refractivity contribution in [3.8, 4) is 0 Å². The van der Waals surface area contributed by atoms with Crippen LogP contribution in [0.2, 0.25) is 0 Å². The lowest BCUT2D eigenvalue weighted by Crippen LogP contribution is -2.23. The minimum atomic E-state index is -0.0638. The normalized spacial score (nSPS) is 11.2. The molecule has 24 heavy (non-hydrogen) atoms. The van der Waals surface area contributed by atoms with E-state index in [0.717, 1.165) is 35.4 Å². The van der Waals surface area contributed by atoms with Crippen LogP contribution in [0.15, 0.2) is 60.7 Å². The second-order valence-electron chi connectivity index (χ2n) is 5.69. The Hall–Kier alpha value is -2.88. The molecule has 1 amide bonds. The molecule has 0 unspecified atom stereocenters. The molecule has 0 aliphatic rings. The van der Waals surface area contributed by atoms with Crippen molar-refractivity contribution in [3.63, 3.8) is 0 Å². The average molecular weight is 319 g/mol. The van der Waals surface area contributed by atoms with Crippen molar-refractivity contribution in [2.75, 3.05) is 6.54 Å². The molecule has 122 valence electrons. The van der Waals surface area contributed by atoms with Crippen LogP contribution in [0.4, 0.5) is 0 Å². The highest BCUT2D eigenvalue weighted by Crippen LogP contribution is 2.15. The Bertz CT molecular complexity index is 850. The zero-order chi connectivity index (χ0) is 16.8. The summed E-state index contributed by atoms with van der Waals surface area (Å²) in [6, 6.07) is 17.9. The quantitative estimate of drug-likeness (QED) is 0.558. The van der Waals surface area contributed by atoms with Crippen molar-refractivity contribution in [2.24, 2.45) is 0 Å². The van der Waals surface area contributed by atoms with Gasteiger partial charge in [-0.15, -0.1) is 0 Å². The van der Waals surface area contributed by atoms with Crippen LogP contribution in [0.5, 0.6) is 0 Å². The lowest BCUT2D eigenvalue weighted by molar-refractivity contribution is -0.116. The summed E-state index contributed by atoms with van der Waals surface area (Å²) >= 11 is 0. The van der Waals surface area contributed by atoms with Gasteiger partial charge in [0.25, 0.3) is 0 Å². The number of nitrogens with zero attached hydrogens (tertiary/aromatic N) is 2. The van der Waals surface area contributed by atoms with Gasteiger partial charge in [0.2, 0.25) is 5.91 Å². The molecule has 3 rings (SSSR count). The van der Waals surface area contributed by atoms with Gasteiger partial charge in [-0.3, -0.25) is 4.79 Å². The fourth-order valence-corrected chi connectivity index (χ4v) is 2.72. The van der Waals surface area contributed by atoms with Gasteiger partial charge < -0.3 is 9.88 Å². The Labute approximate surface area is 141 Å². The number of aromatic nitrogens is 2. The molecular formula is C20H21N3O. The summed E-state index contributed by atoms with van der Waals surface area (Å²) in [7, 11) is 0. The first-order chi connectivity index (χ1) is 11.7. The van der Waals surface area contributed by atoms with E-state index in [2.05, 4.69) is 20.9 Å². The van der Waals surface area contributed by atoms with E-state index >= 15 is 0 Å². The molecule has 1 aromatic heterocycles. The van der Waals surface area contributed by atoms with E-state index in [9.17, 15) is 4.79 Å². The molecule has 4 heteroatoms. The number of rotatable bonds is 6. The van der Waals surface area contributed by atoms with Gasteiger partial charge in [0, 0.05) is 19.2 Å². The van der Waals surface area contributed by atoms with Gasteiger partial charge in [0.05, 0.1) is 11.0 Å². The maximum atomic E-state index is 11.8. The topological polar surface area (TPSA) is 46.9 Å². The summed E-state index contributed by atoms with van der Waals surface area (Å²) in [5.41, 5.74) is 3.18. The van der Waals surface area contributed by atoms with Crippen LogP contribution < -0.4 is 5.32 Å². The molecule has 0 radical (unpaired) electrons. The standard InChI is InChI=1S/C20H21N3O/c1-16-22-18-10-5-6-11-19(18)23(16)15-7-14-21-20(24)13-12-17-8-3-2-4-9-17/h2-6,8-13H,7,14-15H2,1H3,(H,21,24)/b13-12+. The predicted octanol–water partition coefficient (Wildman–Crippen LogP) is 3.56. The van der Waals surface area contributed by atoms with Crippen molar-refractivity contribution in [1.82, 2.24) is 14.9 Å². The molecule has 0 bridgehead atoms. The van der Waals surface area contributed by atoms with E-state index in [1.807, 2.05) is 61.5 Å². The number of hydrogen-bond acceptors (Lipinski definition) is 2. The molecular weight excluding hydrogens is 298 g/mol. The predicted molar refractivity (Wildman–Crippen MR) is 97.6 cm³/mol. The highest BCUT2D eigenvalue weighted by Gasteiger charge is 2.05. The molecule has 3 aromatic rings. The summed E-state index contributed by atoms with van der Waals surface area (Å²) in [6.07, 6.45) is 4.27. The van der Waals surface area contributed by atoms with E-state index in [1.54, 1.807) is 6.08 Å². The number of imidazole rings is 1. The van der Waals surface area contributed by atoms with E-state index in [0.29, 0.717) is 6.54 Å². The van der Waals surface area contributed by atoms with Gasteiger partial charge >= 0.3 is 0 Å². The Morgan fingerprint density at radius 2 is 1.88 bits per heavy atom. The third kappa shape index (κ3) is 3.90. The van der Waals surface area contributed by atoms with E-state index in [4.69, 9.17) is 0 Å². The van der Waals surface area contributed by atoms with Crippen LogP contribution >= 0.6 is 0 Å². The molecule has 0 aliphatic heterocycles. The smallest absolute Gasteiger partial charge is 0.244 e. The van der Waals surface area contributed by atoms with Crippen molar-refractivity contribution in [1.29, 1.82) is 0 Å². The molecule has 1 N–H and O–H groups in total. The van der Waals surface area contributed by atoms with Crippen LogP contribution in [0.1, 0.15) is 17.8 Å². The van der Waals surface area contributed by atoms with E-state index in [1.165, 1.54) is 0 Å². The number of fused-ring (bicyclic) bond motifs is 1. The maximum absolute atomic E-state index is 11.8. The van der Waals surface area contributed by atoms with Crippen LogP contribution in [-0.4, -0.2) is 22.0 Å². The van der Waals surface area contributed by atoms with E-state index in [-0.39, 0.29) is 5.91 Å². The summed E-state index contributed by atoms with van der Waals surface area (Å²) in [5.74, 6) is 0.942. The first-order valence-electron chi connectivity index (χ1n) is 8.17. The van der Waals surface area contributed by atoms with Gasteiger partial charge in [0.15, 0.2) is 0 Å². The van der Waals surface area contributed by atoms with Crippen LogP contribution in [0, 0.1) is 6.92 Å². The highest BCUT2D eigenvalue weighted by molar-refractivity contribution is 5.91. The minimum Gasteiger partial charge on any atom is -0.352 e. The van der Waals surface area contributed by atoms with Gasteiger partial charge in [-0.05, 0) is 37.1 Å². The largest absolute Gasteiger partial charge is 0.352 e. The number of carbonyl (C=O) groups excluding carboxylic acids is 1. The zero-order valence-corrected chi connectivity index (χ0v) is 13.8. The molecule has 0 saturated carbocycles. The van der Waals surface area contributed by atoms with Crippen molar-refractivity contribution in [3.05, 3.63) is 72.1 Å². The molecule has 0 fully saturated rings. The molecule has 2 aromatic carbocycles. The fraction of sp³-hybridized carbons (Fsp3) is 0.200. The van der Waals surface area contributed by atoms with Crippen LogP contribution in [0.3, 0.4) is 0 Å². The molecule has 0 spiro atoms. The number of nitrogens with one attached hydrogen (secondary N) is 1. The number of carbonyl (C=O) groups is 1. The van der Waals surface area contributed by atoms with Crippen LogP contribution in [-0.2, 0) is 11.3 Å². The van der Waals surface area contributed by atoms with Crippen LogP contribution in [0.25, 0.3) is 17.1 Å². The first-order valence-corrected chi connectivity index (χ1v) is 8.17. The Morgan fingerprint density at radius 1 is 1.12 bits per heavy atom. The van der Waals surface area contributed by atoms with Gasteiger partial charge in [0.1, 0.15) is 5.82 Å². The zero-order valence-electron chi connectivity index (χ0n) is 13.8. The number of para-hydroxylation sites is 2. The maximum Gasteiger partial charge on any atom is 0.244 e. The van der Waals surface area contributed by atoms with Crippen molar-refractivity contribution >= 4 is 23.0 Å². The number of aryl methyl sites for hydroxylation is 2. The molecule has 1 heterocycles. The van der Waals surface area contributed by atoms with Gasteiger partial charge in [-0.2, -0.15) is 0 Å². The van der Waals surface area contributed by atoms with Gasteiger partial charge in [-0.1, -0.05) is 42.5 Å². The Morgan fingerprint density at radius 3 is 2.71 bits per heavy atom. The van der Waals surface area contributed by atoms with Crippen molar-refractivity contribution < 1.29 is 4.79 Å².